The Labute approximate surface area is 182 Å². The first-order valence-electron chi connectivity index (χ1n) is 11.6. The van der Waals surface area contributed by atoms with Crippen LogP contribution in [0.25, 0.3) is 0 Å². The van der Waals surface area contributed by atoms with Gasteiger partial charge in [-0.25, -0.2) is 0 Å². The maximum Gasteiger partial charge on any atom is 0.254 e. The summed E-state index contributed by atoms with van der Waals surface area (Å²) in [6.07, 6.45) is 4.06. The highest BCUT2D eigenvalue weighted by Gasteiger charge is 2.77. The molecule has 3 heterocycles. The molecule has 4 bridgehead atoms. The quantitative estimate of drug-likeness (QED) is 0.777. The molecule has 31 heavy (non-hydrogen) atoms. The van der Waals surface area contributed by atoms with Crippen LogP contribution in [0.1, 0.15) is 40.7 Å². The first-order valence-corrected chi connectivity index (χ1v) is 11.6. The maximum absolute atomic E-state index is 13.5. The third-order valence-corrected chi connectivity index (χ3v) is 9.29. The number of likely N-dealkylation sites (tertiary alicyclic amines) is 2. The van der Waals surface area contributed by atoms with Crippen LogP contribution < -0.4 is 0 Å². The summed E-state index contributed by atoms with van der Waals surface area (Å²) in [5.74, 6) is 0.769. The third kappa shape index (κ3) is 2.03. The molecule has 160 valence electrons. The predicted octanol–water partition coefficient (Wildman–Crippen LogP) is 2.96. The van der Waals surface area contributed by atoms with Crippen LogP contribution in [0.15, 0.2) is 48.5 Å². The zero-order chi connectivity index (χ0) is 21.0. The number of carbonyl (C=O) groups is 1. The van der Waals surface area contributed by atoms with E-state index < -0.39 is 0 Å². The number of phenolic OH excluding ortho intramolecular Hbond substituents is 1. The molecule has 2 aromatic rings. The van der Waals surface area contributed by atoms with Gasteiger partial charge >= 0.3 is 0 Å². The molecule has 0 radical (unpaired) electrons. The third-order valence-electron chi connectivity index (χ3n) is 9.29. The summed E-state index contributed by atoms with van der Waals surface area (Å²) in [6.45, 7) is 1.71. The summed E-state index contributed by atoms with van der Waals surface area (Å²) in [5.41, 5.74) is 3.09. The summed E-state index contributed by atoms with van der Waals surface area (Å²) in [5, 5.41) is 10.4. The second-order valence-corrected chi connectivity index (χ2v) is 10.3. The number of hydrogen-bond acceptors (Lipinski definition) is 4. The van der Waals surface area contributed by atoms with Gasteiger partial charge < -0.3 is 19.6 Å². The molecule has 6 atom stereocenters. The summed E-state index contributed by atoms with van der Waals surface area (Å²) in [7, 11) is 2.24. The lowest BCUT2D eigenvalue weighted by Gasteiger charge is -2.64. The van der Waals surface area contributed by atoms with Gasteiger partial charge in [-0.1, -0.05) is 24.3 Å². The standard InChI is InChI=1S/C26H28N2O3/c1-27-12-11-25-19-14-18(29)8-7-17(19)13-22(27)26(25)10-9-20-23(25)21(31-26)15-28(20)24(30)16-5-3-2-4-6-16/h2-8,14,20-23,29H,9-13,15H2,1H3/t20-,21-,22?,23?,25?,26?/m1/s1. The van der Waals surface area contributed by atoms with Crippen LogP contribution in [-0.2, 0) is 16.6 Å². The lowest BCUT2D eigenvalue weighted by atomic mass is 9.46. The molecular weight excluding hydrogens is 388 g/mol. The molecule has 4 unspecified atom stereocenters. The number of benzene rings is 2. The van der Waals surface area contributed by atoms with Crippen molar-refractivity contribution in [3.8, 4) is 5.75 Å². The largest absolute Gasteiger partial charge is 0.508 e. The van der Waals surface area contributed by atoms with E-state index in [1.807, 2.05) is 42.5 Å². The number of phenols is 1. The Morgan fingerprint density at radius 2 is 2.00 bits per heavy atom. The fraction of sp³-hybridized carbons (Fsp3) is 0.500. The van der Waals surface area contributed by atoms with E-state index in [2.05, 4.69) is 22.9 Å². The second kappa shape index (κ2) is 5.90. The molecular formula is C26H28N2O3. The summed E-state index contributed by atoms with van der Waals surface area (Å²) in [6, 6.07) is 16.2. The SMILES string of the molecule is CN1CCC23c4cc(O)ccc4CC1C21CC[C@@H]2C3[C@@H](CN2C(=O)c2ccccc2)O1. The Balaban J connectivity index is 1.38. The van der Waals surface area contributed by atoms with Gasteiger partial charge in [0.25, 0.3) is 5.91 Å². The van der Waals surface area contributed by atoms with E-state index in [0.29, 0.717) is 24.3 Å². The smallest absolute Gasteiger partial charge is 0.254 e. The fourth-order valence-corrected chi connectivity index (χ4v) is 8.27. The molecule has 0 aromatic heterocycles. The lowest BCUT2D eigenvalue weighted by Crippen LogP contribution is -2.73. The van der Waals surface area contributed by atoms with Crippen LogP contribution in [0.3, 0.4) is 0 Å². The van der Waals surface area contributed by atoms with Crippen molar-refractivity contribution in [3.63, 3.8) is 0 Å². The molecule has 5 aliphatic rings. The van der Waals surface area contributed by atoms with E-state index in [1.165, 1.54) is 11.1 Å². The minimum Gasteiger partial charge on any atom is -0.508 e. The van der Waals surface area contributed by atoms with Crippen LogP contribution in [0.4, 0.5) is 0 Å². The van der Waals surface area contributed by atoms with Crippen molar-refractivity contribution in [2.45, 2.75) is 54.9 Å². The predicted molar refractivity (Wildman–Crippen MR) is 116 cm³/mol. The summed E-state index contributed by atoms with van der Waals surface area (Å²) in [4.78, 5) is 18.1. The average molecular weight is 417 g/mol. The number of fused-ring (bicyclic) bond motifs is 1. The van der Waals surface area contributed by atoms with Gasteiger partial charge in [0.1, 0.15) is 5.75 Å². The number of nitrogens with zero attached hydrogens (tertiary/aromatic N) is 2. The van der Waals surface area contributed by atoms with Crippen LogP contribution in [0.2, 0.25) is 0 Å². The molecule has 3 aliphatic heterocycles. The van der Waals surface area contributed by atoms with Crippen molar-refractivity contribution in [1.82, 2.24) is 9.80 Å². The summed E-state index contributed by atoms with van der Waals surface area (Å²) >= 11 is 0. The minimum absolute atomic E-state index is 0.0717. The lowest BCUT2D eigenvalue weighted by molar-refractivity contribution is -0.165. The monoisotopic (exact) mass is 416 g/mol. The highest BCUT2D eigenvalue weighted by Crippen LogP contribution is 2.69. The van der Waals surface area contributed by atoms with Crippen molar-refractivity contribution < 1.29 is 14.6 Å². The number of piperidine rings is 1. The Bertz CT molecular complexity index is 1090. The van der Waals surface area contributed by atoms with Gasteiger partial charge in [-0.2, -0.15) is 0 Å². The topological polar surface area (TPSA) is 53.0 Å². The normalized spacial score (nSPS) is 39.8. The van der Waals surface area contributed by atoms with Gasteiger partial charge in [0.15, 0.2) is 0 Å². The molecule has 1 N–H and O–H groups in total. The van der Waals surface area contributed by atoms with Gasteiger partial charge in [-0.05, 0) is 74.7 Å². The number of rotatable bonds is 1. The highest BCUT2D eigenvalue weighted by atomic mass is 16.5. The molecule has 1 saturated carbocycles. The van der Waals surface area contributed by atoms with E-state index in [0.717, 1.165) is 37.8 Å². The van der Waals surface area contributed by atoms with E-state index in [4.69, 9.17) is 4.74 Å². The number of hydrogen-bond donors (Lipinski definition) is 1. The molecule has 7 rings (SSSR count). The van der Waals surface area contributed by atoms with Gasteiger partial charge in [0.2, 0.25) is 0 Å². The molecule has 2 aliphatic carbocycles. The van der Waals surface area contributed by atoms with Crippen LogP contribution in [0.5, 0.6) is 5.75 Å². The molecule has 4 fully saturated rings. The van der Waals surface area contributed by atoms with E-state index in [-0.39, 0.29) is 29.1 Å². The number of likely N-dealkylation sites (N-methyl/N-ethyl adjacent to an activating group) is 1. The molecule has 0 spiro atoms. The Morgan fingerprint density at radius 1 is 1.16 bits per heavy atom. The van der Waals surface area contributed by atoms with Crippen LogP contribution >= 0.6 is 0 Å². The van der Waals surface area contributed by atoms with E-state index in [9.17, 15) is 9.90 Å². The fourth-order valence-electron chi connectivity index (χ4n) is 8.27. The molecule has 2 aromatic carbocycles. The first-order chi connectivity index (χ1) is 15.0. The minimum atomic E-state index is -0.200. The van der Waals surface area contributed by atoms with Crippen molar-refractivity contribution in [2.24, 2.45) is 5.92 Å². The van der Waals surface area contributed by atoms with Gasteiger partial charge in [0, 0.05) is 35.5 Å². The van der Waals surface area contributed by atoms with Gasteiger partial charge in [-0.3, -0.25) is 4.79 Å². The van der Waals surface area contributed by atoms with E-state index in [1.54, 1.807) is 0 Å². The maximum atomic E-state index is 13.5. The Kier molecular flexibility index (Phi) is 3.47. The van der Waals surface area contributed by atoms with E-state index >= 15 is 0 Å². The Hall–Kier alpha value is -2.37. The molecule has 5 heteroatoms. The van der Waals surface area contributed by atoms with Crippen molar-refractivity contribution >= 4 is 5.91 Å². The first kappa shape index (κ1) is 18.2. The number of carbonyl (C=O) groups excluding carboxylic acids is 1. The van der Waals surface area contributed by atoms with Crippen molar-refractivity contribution in [2.75, 3.05) is 20.1 Å². The molecule has 5 nitrogen and oxygen atoms in total. The number of aromatic hydroxyl groups is 1. The number of amides is 1. The van der Waals surface area contributed by atoms with Crippen LogP contribution in [0, 0.1) is 5.92 Å². The zero-order valence-electron chi connectivity index (χ0n) is 17.8. The van der Waals surface area contributed by atoms with Crippen molar-refractivity contribution in [1.29, 1.82) is 0 Å². The average Bonchev–Trinajstić information content (AvgIpc) is 3.23. The van der Waals surface area contributed by atoms with Gasteiger partial charge in [0.05, 0.1) is 11.7 Å². The number of ether oxygens (including phenoxy) is 1. The highest BCUT2D eigenvalue weighted by molar-refractivity contribution is 5.94. The second-order valence-electron chi connectivity index (χ2n) is 10.3. The Morgan fingerprint density at radius 3 is 2.84 bits per heavy atom. The zero-order valence-corrected chi connectivity index (χ0v) is 17.8. The molecule has 1 amide bonds. The van der Waals surface area contributed by atoms with Crippen molar-refractivity contribution in [3.05, 3.63) is 65.2 Å². The van der Waals surface area contributed by atoms with Crippen LogP contribution in [-0.4, -0.2) is 64.7 Å². The van der Waals surface area contributed by atoms with Gasteiger partial charge in [-0.15, -0.1) is 0 Å². The molecule has 3 saturated heterocycles. The summed E-state index contributed by atoms with van der Waals surface area (Å²) < 4.78 is 7.09.